The molecule has 0 spiro atoms. The number of nitrogens with zero attached hydrogens (tertiary/aromatic N) is 1. The Kier molecular flexibility index (Phi) is 8.86. The second kappa shape index (κ2) is 10.9. The van der Waals surface area contributed by atoms with Gasteiger partial charge in [0, 0.05) is 23.4 Å². The van der Waals surface area contributed by atoms with E-state index in [-0.39, 0.29) is 11.7 Å². The molecule has 0 aromatic heterocycles. The molecule has 1 unspecified atom stereocenters. The molecule has 1 aliphatic rings. The minimum atomic E-state index is -1.00. The number of esters is 2. The van der Waals surface area contributed by atoms with Gasteiger partial charge in [0.15, 0.2) is 5.92 Å². The lowest BCUT2D eigenvalue weighted by atomic mass is 9.99. The topological polar surface area (TPSA) is 55.8 Å². The lowest BCUT2D eigenvalue weighted by Crippen LogP contribution is -2.33. The number of methoxy groups -OCH3 is 2. The van der Waals surface area contributed by atoms with Crippen LogP contribution in [0.1, 0.15) is 36.5 Å². The third-order valence-electron chi connectivity index (χ3n) is 4.52. The summed E-state index contributed by atoms with van der Waals surface area (Å²) in [4.78, 5) is 26.4. The molecule has 0 radical (unpaired) electrons. The molecular weight excluding hydrogens is 406 g/mol. The fourth-order valence-corrected chi connectivity index (χ4v) is 4.80. The molecule has 148 valence electrons. The van der Waals surface area contributed by atoms with Crippen LogP contribution in [0.5, 0.6) is 0 Å². The molecule has 0 N–H and O–H groups in total. The van der Waals surface area contributed by atoms with E-state index < -0.39 is 17.9 Å². The molecule has 0 saturated carbocycles. The van der Waals surface area contributed by atoms with E-state index in [1.807, 2.05) is 12.1 Å². The maximum Gasteiger partial charge on any atom is 0.320 e. The van der Waals surface area contributed by atoms with Gasteiger partial charge in [0.1, 0.15) is 4.32 Å². The smallest absolute Gasteiger partial charge is 0.320 e. The number of carbonyl (C=O) groups excluding carboxylic acids is 2. The summed E-state index contributed by atoms with van der Waals surface area (Å²) in [6.45, 7) is 1.88. The normalized spacial score (nSPS) is 15.3. The average Bonchev–Trinajstić information content (AvgIpc) is 2.71. The Morgan fingerprint density at radius 1 is 1.11 bits per heavy atom. The molecule has 1 fully saturated rings. The summed E-state index contributed by atoms with van der Waals surface area (Å²) in [6, 6.07) is 7.37. The van der Waals surface area contributed by atoms with E-state index in [1.165, 1.54) is 32.4 Å². The second-order valence-corrected chi connectivity index (χ2v) is 8.58. The van der Waals surface area contributed by atoms with Gasteiger partial charge in [-0.2, -0.15) is 0 Å². The third kappa shape index (κ3) is 6.36. The quantitative estimate of drug-likeness (QED) is 0.381. The van der Waals surface area contributed by atoms with Crippen LogP contribution >= 0.6 is 35.6 Å². The number of benzene rings is 1. The number of likely N-dealkylation sites (tertiary alicyclic amines) is 1. The van der Waals surface area contributed by atoms with Crippen LogP contribution < -0.4 is 0 Å². The van der Waals surface area contributed by atoms with Crippen molar-refractivity contribution in [3.8, 4) is 0 Å². The van der Waals surface area contributed by atoms with Gasteiger partial charge in [-0.25, -0.2) is 0 Å². The number of thiocarbonyl (C=S) groups is 1. The highest BCUT2D eigenvalue weighted by Crippen LogP contribution is 2.38. The number of rotatable bonds is 6. The molecule has 1 atom stereocenters. The van der Waals surface area contributed by atoms with Gasteiger partial charge in [0.25, 0.3) is 0 Å². The van der Waals surface area contributed by atoms with E-state index in [0.29, 0.717) is 5.02 Å². The minimum Gasteiger partial charge on any atom is -0.468 e. The molecule has 5 nitrogen and oxygen atoms in total. The van der Waals surface area contributed by atoms with Crippen LogP contribution in [-0.2, 0) is 19.1 Å². The zero-order valence-corrected chi connectivity index (χ0v) is 17.9. The number of hydrogen-bond acceptors (Lipinski definition) is 6. The van der Waals surface area contributed by atoms with E-state index in [1.54, 1.807) is 12.1 Å². The van der Waals surface area contributed by atoms with Crippen molar-refractivity contribution >= 4 is 51.8 Å². The number of carbonyl (C=O) groups is 2. The Balaban J connectivity index is 2.22. The fraction of sp³-hybridized carbons (Fsp3) is 0.526. The lowest BCUT2D eigenvalue weighted by molar-refractivity contribution is -0.159. The molecule has 0 amide bonds. The molecule has 2 rings (SSSR count). The Morgan fingerprint density at radius 3 is 2.19 bits per heavy atom. The van der Waals surface area contributed by atoms with Crippen LogP contribution in [0.3, 0.4) is 0 Å². The van der Waals surface area contributed by atoms with Gasteiger partial charge in [-0.15, -0.1) is 0 Å². The van der Waals surface area contributed by atoms with Crippen molar-refractivity contribution in [2.45, 2.75) is 30.9 Å². The largest absolute Gasteiger partial charge is 0.468 e. The zero-order valence-electron chi connectivity index (χ0n) is 15.5. The van der Waals surface area contributed by atoms with Crippen LogP contribution in [0.15, 0.2) is 24.3 Å². The standard InChI is InChI=1S/C19H24ClNO4S2/c1-24-17(22)15(18(23)25-2)12-16(13-6-8-14(20)9-7-13)27-19(26)21-10-4-3-5-11-21/h6-9,15-16H,3-5,10-12H2,1-2H3. The molecule has 0 bridgehead atoms. The lowest BCUT2D eigenvalue weighted by Gasteiger charge is -2.31. The van der Waals surface area contributed by atoms with Gasteiger partial charge in [-0.3, -0.25) is 9.59 Å². The van der Waals surface area contributed by atoms with E-state index in [2.05, 4.69) is 4.90 Å². The summed E-state index contributed by atoms with van der Waals surface area (Å²) < 4.78 is 10.4. The Labute approximate surface area is 174 Å². The first kappa shape index (κ1) is 22.0. The Morgan fingerprint density at radius 2 is 1.67 bits per heavy atom. The van der Waals surface area contributed by atoms with E-state index in [9.17, 15) is 9.59 Å². The summed E-state index contributed by atoms with van der Waals surface area (Å²) in [5.41, 5.74) is 0.946. The summed E-state index contributed by atoms with van der Waals surface area (Å²) in [6.07, 6.45) is 3.70. The summed E-state index contributed by atoms with van der Waals surface area (Å²) in [5.74, 6) is -2.21. The fourth-order valence-electron chi connectivity index (χ4n) is 2.99. The monoisotopic (exact) mass is 429 g/mol. The van der Waals surface area contributed by atoms with Gasteiger partial charge in [0.05, 0.1) is 14.2 Å². The maximum absolute atomic E-state index is 12.1. The second-order valence-electron chi connectivity index (χ2n) is 6.31. The summed E-state index contributed by atoms with van der Waals surface area (Å²) >= 11 is 13.1. The van der Waals surface area contributed by atoms with Gasteiger partial charge < -0.3 is 14.4 Å². The van der Waals surface area contributed by atoms with E-state index >= 15 is 0 Å². The Bertz CT molecular complexity index is 646. The summed E-state index contributed by atoms with van der Waals surface area (Å²) in [5, 5.41) is 0.429. The number of piperidine rings is 1. The Hall–Kier alpha value is -1.31. The molecule has 1 aliphatic heterocycles. The zero-order chi connectivity index (χ0) is 19.8. The van der Waals surface area contributed by atoms with Crippen molar-refractivity contribution in [2.75, 3.05) is 27.3 Å². The molecule has 1 aromatic rings. The number of thioether (sulfide) groups is 1. The molecule has 0 aliphatic carbocycles. The van der Waals surface area contributed by atoms with Crippen LogP contribution in [0, 0.1) is 5.92 Å². The number of halogens is 1. The van der Waals surface area contributed by atoms with Gasteiger partial charge in [-0.1, -0.05) is 47.7 Å². The van der Waals surface area contributed by atoms with Gasteiger partial charge in [-0.05, 0) is 43.4 Å². The van der Waals surface area contributed by atoms with Crippen LogP contribution in [-0.4, -0.2) is 48.5 Å². The van der Waals surface area contributed by atoms with Crippen molar-refractivity contribution in [1.29, 1.82) is 0 Å². The van der Waals surface area contributed by atoms with Crippen LogP contribution in [0.4, 0.5) is 0 Å². The highest BCUT2D eigenvalue weighted by atomic mass is 35.5. The molecule has 1 saturated heterocycles. The average molecular weight is 430 g/mol. The van der Waals surface area contributed by atoms with E-state index in [0.717, 1.165) is 35.8 Å². The van der Waals surface area contributed by atoms with Gasteiger partial charge in [0.2, 0.25) is 0 Å². The first-order chi connectivity index (χ1) is 13.0. The highest BCUT2D eigenvalue weighted by molar-refractivity contribution is 8.23. The SMILES string of the molecule is COC(=O)C(CC(SC(=S)N1CCCCC1)c1ccc(Cl)cc1)C(=O)OC. The van der Waals surface area contributed by atoms with E-state index in [4.69, 9.17) is 33.3 Å². The predicted octanol–water partition coefficient (Wildman–Crippen LogP) is 4.24. The molecular formula is C19H24ClNO4S2. The van der Waals surface area contributed by atoms with Crippen LogP contribution in [0.2, 0.25) is 5.02 Å². The molecule has 27 heavy (non-hydrogen) atoms. The first-order valence-electron chi connectivity index (χ1n) is 8.83. The van der Waals surface area contributed by atoms with Crippen molar-refractivity contribution in [1.82, 2.24) is 4.90 Å². The predicted molar refractivity (Wildman–Crippen MR) is 112 cm³/mol. The molecule has 8 heteroatoms. The maximum atomic E-state index is 12.1. The van der Waals surface area contributed by atoms with Gasteiger partial charge >= 0.3 is 11.9 Å². The number of ether oxygens (including phenoxy) is 2. The van der Waals surface area contributed by atoms with Crippen LogP contribution in [0.25, 0.3) is 0 Å². The van der Waals surface area contributed by atoms with Crippen molar-refractivity contribution in [3.05, 3.63) is 34.9 Å². The van der Waals surface area contributed by atoms with Crippen molar-refractivity contribution in [2.24, 2.45) is 5.92 Å². The molecule has 1 aromatic carbocycles. The highest BCUT2D eigenvalue weighted by Gasteiger charge is 2.33. The van der Waals surface area contributed by atoms with Crippen molar-refractivity contribution < 1.29 is 19.1 Å². The first-order valence-corrected chi connectivity index (χ1v) is 10.5. The van der Waals surface area contributed by atoms with Crippen molar-refractivity contribution in [3.63, 3.8) is 0 Å². The third-order valence-corrected chi connectivity index (χ3v) is 6.53. The number of hydrogen-bond donors (Lipinski definition) is 0. The molecule has 1 heterocycles. The summed E-state index contributed by atoms with van der Waals surface area (Å²) in [7, 11) is 2.53. The minimum absolute atomic E-state index is 0.195.